The van der Waals surface area contributed by atoms with Crippen molar-refractivity contribution in [3.63, 3.8) is 0 Å². The molecule has 0 bridgehead atoms. The van der Waals surface area contributed by atoms with Crippen LogP contribution in [0.1, 0.15) is 57.0 Å². The van der Waals surface area contributed by atoms with Crippen LogP contribution in [0.5, 0.6) is 0 Å². The minimum Gasteiger partial charge on any atom is -0.443 e. The topological polar surface area (TPSA) is 138 Å². The molecule has 0 radical (unpaired) electrons. The molecular formula is C22H33N5O6S. The van der Waals surface area contributed by atoms with Gasteiger partial charge in [0.2, 0.25) is 0 Å². The number of aryl methyl sites for hydroxylation is 1. The van der Waals surface area contributed by atoms with Crippen LogP contribution in [0.3, 0.4) is 0 Å². The number of nitrogens with two attached hydrogens (primary N) is 1. The monoisotopic (exact) mass is 495 g/mol. The van der Waals surface area contributed by atoms with Gasteiger partial charge in [0.25, 0.3) is 5.56 Å². The molecule has 12 heteroatoms. The Labute approximate surface area is 201 Å². The first-order chi connectivity index (χ1) is 15.9. The maximum Gasteiger partial charge on any atom is 0.426 e. The van der Waals surface area contributed by atoms with Gasteiger partial charge >= 0.3 is 17.8 Å². The normalized spacial score (nSPS) is 17.6. The lowest BCUT2D eigenvalue weighted by Gasteiger charge is -2.24. The van der Waals surface area contributed by atoms with Gasteiger partial charge in [-0.1, -0.05) is 13.3 Å². The second-order valence-corrected chi connectivity index (χ2v) is 10.5. The van der Waals surface area contributed by atoms with E-state index in [1.807, 2.05) is 6.92 Å². The first kappa shape index (κ1) is 25.8. The van der Waals surface area contributed by atoms with Crippen molar-refractivity contribution < 1.29 is 19.1 Å². The van der Waals surface area contributed by atoms with Crippen LogP contribution < -0.4 is 22.4 Å². The van der Waals surface area contributed by atoms with Gasteiger partial charge in [-0.2, -0.15) is 0 Å². The van der Waals surface area contributed by atoms with E-state index in [1.165, 1.54) is 15.9 Å². The van der Waals surface area contributed by atoms with Crippen molar-refractivity contribution in [3.05, 3.63) is 31.3 Å². The number of aromatic nitrogens is 2. The molecule has 3 N–H and O–H groups in total. The smallest absolute Gasteiger partial charge is 0.426 e. The highest BCUT2D eigenvalue weighted by atomic mass is 32.1. The molecule has 3 amide bonds. The number of hydrogen-bond donors (Lipinski definition) is 2. The highest BCUT2D eigenvalue weighted by Gasteiger charge is 2.40. The minimum absolute atomic E-state index is 0.0846. The summed E-state index contributed by atoms with van der Waals surface area (Å²) in [4.78, 5) is 52.1. The molecule has 1 aliphatic carbocycles. The van der Waals surface area contributed by atoms with E-state index in [-0.39, 0.29) is 30.4 Å². The summed E-state index contributed by atoms with van der Waals surface area (Å²) in [6.45, 7) is 9.40. The number of rotatable bonds is 7. The molecule has 3 rings (SSSR count). The Morgan fingerprint density at radius 1 is 1.29 bits per heavy atom. The number of ether oxygens (including phenoxy) is 2. The standard InChI is InChI=1S/C22H33N5O6S/c1-7-13-10-14(13)27-17(28)16-12(2)15(34-18(16)25(21(27)31)8-9-32-6)11-26(19(23)29)24-20(30)33-22(3,4)5/h13-14H,7-11H2,1-6H3,(H2,23,29)(H,24,30). The Hall–Kier alpha value is -2.86. The van der Waals surface area contributed by atoms with Crippen molar-refractivity contribution in [2.45, 2.75) is 72.2 Å². The van der Waals surface area contributed by atoms with E-state index >= 15 is 0 Å². The van der Waals surface area contributed by atoms with Gasteiger partial charge in [0.05, 0.1) is 25.1 Å². The van der Waals surface area contributed by atoms with Gasteiger partial charge in [-0.3, -0.25) is 13.9 Å². The fraction of sp³-hybridized carbons (Fsp3) is 0.636. The van der Waals surface area contributed by atoms with Gasteiger partial charge in [-0.25, -0.2) is 24.8 Å². The second-order valence-electron chi connectivity index (χ2n) is 9.44. The van der Waals surface area contributed by atoms with Gasteiger partial charge in [0.1, 0.15) is 10.4 Å². The van der Waals surface area contributed by atoms with Gasteiger partial charge in [0, 0.05) is 18.0 Å². The number of carbonyl (C=O) groups excluding carboxylic acids is 2. The lowest BCUT2D eigenvalue weighted by atomic mass is 10.2. The third-order valence-electron chi connectivity index (χ3n) is 5.79. The Morgan fingerprint density at radius 3 is 2.50 bits per heavy atom. The fourth-order valence-electron chi connectivity index (χ4n) is 3.95. The molecule has 2 heterocycles. The quantitative estimate of drug-likeness (QED) is 0.566. The maximum atomic E-state index is 13.4. The average molecular weight is 496 g/mol. The van der Waals surface area contributed by atoms with Crippen LogP contribution in [0.2, 0.25) is 0 Å². The summed E-state index contributed by atoms with van der Waals surface area (Å²) in [6.07, 6.45) is 0.862. The van der Waals surface area contributed by atoms with E-state index in [0.717, 1.165) is 17.9 Å². The van der Waals surface area contributed by atoms with Crippen molar-refractivity contribution in [1.29, 1.82) is 0 Å². The lowest BCUT2D eigenvalue weighted by molar-refractivity contribution is 0.0376. The van der Waals surface area contributed by atoms with Gasteiger partial charge in [0.15, 0.2) is 0 Å². The Bertz CT molecular complexity index is 1210. The third-order valence-corrected chi connectivity index (χ3v) is 7.09. The van der Waals surface area contributed by atoms with Crippen LogP contribution in [0.25, 0.3) is 10.2 Å². The molecule has 2 atom stereocenters. The molecule has 11 nitrogen and oxygen atoms in total. The molecule has 0 saturated heterocycles. The highest BCUT2D eigenvalue weighted by molar-refractivity contribution is 7.18. The van der Waals surface area contributed by atoms with Crippen LogP contribution in [-0.2, 0) is 22.6 Å². The summed E-state index contributed by atoms with van der Waals surface area (Å²) >= 11 is 1.22. The molecule has 0 aliphatic heterocycles. The number of hydrogen-bond acceptors (Lipinski definition) is 7. The molecule has 0 spiro atoms. The number of primary amides is 1. The number of carbonyl (C=O) groups is 2. The Morgan fingerprint density at radius 2 is 1.97 bits per heavy atom. The number of fused-ring (bicyclic) bond motifs is 1. The van der Waals surface area contributed by atoms with Gasteiger partial charge in [-0.15, -0.1) is 11.3 Å². The van der Waals surface area contributed by atoms with Crippen LogP contribution in [0.4, 0.5) is 9.59 Å². The lowest BCUT2D eigenvalue weighted by Crippen LogP contribution is -2.49. The zero-order valence-corrected chi connectivity index (χ0v) is 21.3. The van der Waals surface area contributed by atoms with E-state index in [0.29, 0.717) is 33.2 Å². The predicted molar refractivity (Wildman–Crippen MR) is 129 cm³/mol. The molecule has 34 heavy (non-hydrogen) atoms. The summed E-state index contributed by atoms with van der Waals surface area (Å²) in [7, 11) is 1.55. The molecule has 188 valence electrons. The zero-order chi connectivity index (χ0) is 25.4. The van der Waals surface area contributed by atoms with Crippen LogP contribution in [-0.4, -0.2) is 45.6 Å². The highest BCUT2D eigenvalue weighted by Crippen LogP contribution is 2.44. The van der Waals surface area contributed by atoms with Crippen molar-refractivity contribution in [2.24, 2.45) is 11.7 Å². The first-order valence-corrected chi connectivity index (χ1v) is 12.0. The van der Waals surface area contributed by atoms with Crippen LogP contribution in [0.15, 0.2) is 9.59 Å². The molecule has 2 aromatic rings. The molecule has 1 fully saturated rings. The van der Waals surface area contributed by atoms with E-state index in [1.54, 1.807) is 39.4 Å². The number of nitrogens with zero attached hydrogens (tertiary/aromatic N) is 3. The number of nitrogens with one attached hydrogen (secondary N) is 1. The largest absolute Gasteiger partial charge is 0.443 e. The van der Waals surface area contributed by atoms with Gasteiger partial charge < -0.3 is 15.2 Å². The zero-order valence-electron chi connectivity index (χ0n) is 20.5. The Balaban J connectivity index is 2.05. The molecule has 1 saturated carbocycles. The fourth-order valence-corrected chi connectivity index (χ4v) is 5.25. The molecule has 1 aliphatic rings. The molecule has 2 aromatic heterocycles. The first-order valence-electron chi connectivity index (χ1n) is 11.2. The average Bonchev–Trinajstić information content (AvgIpc) is 3.42. The summed E-state index contributed by atoms with van der Waals surface area (Å²) in [5, 5.41) is 1.36. The summed E-state index contributed by atoms with van der Waals surface area (Å²) < 4.78 is 13.3. The van der Waals surface area contributed by atoms with Crippen molar-refractivity contribution in [2.75, 3.05) is 13.7 Å². The number of thiophene rings is 1. The number of methoxy groups -OCH3 is 1. The third kappa shape index (κ3) is 5.27. The molecular weight excluding hydrogens is 462 g/mol. The van der Waals surface area contributed by atoms with Crippen molar-refractivity contribution in [3.8, 4) is 0 Å². The van der Waals surface area contributed by atoms with E-state index in [2.05, 4.69) is 5.43 Å². The van der Waals surface area contributed by atoms with Crippen molar-refractivity contribution >= 4 is 33.7 Å². The van der Waals surface area contributed by atoms with E-state index < -0.39 is 17.7 Å². The summed E-state index contributed by atoms with van der Waals surface area (Å²) in [6, 6.07) is -0.998. The van der Waals surface area contributed by atoms with E-state index in [9.17, 15) is 19.2 Å². The SMILES string of the molecule is CCC1CC1n1c(=O)c2c(C)c(CN(NC(=O)OC(C)(C)C)C(N)=O)sc2n(CCOC)c1=O. The van der Waals surface area contributed by atoms with Crippen molar-refractivity contribution in [1.82, 2.24) is 19.6 Å². The maximum absolute atomic E-state index is 13.4. The predicted octanol–water partition coefficient (Wildman–Crippen LogP) is 2.47. The Kier molecular flexibility index (Phi) is 7.41. The molecule has 2 unspecified atom stereocenters. The number of urea groups is 1. The van der Waals surface area contributed by atoms with Crippen LogP contribution in [0, 0.1) is 12.8 Å². The van der Waals surface area contributed by atoms with Crippen LogP contribution >= 0.6 is 11.3 Å². The minimum atomic E-state index is -0.888. The molecule has 0 aromatic carbocycles. The van der Waals surface area contributed by atoms with E-state index in [4.69, 9.17) is 15.2 Å². The second kappa shape index (κ2) is 9.79. The summed E-state index contributed by atoms with van der Waals surface area (Å²) in [5.41, 5.74) is 7.01. The number of hydrazine groups is 1. The number of amides is 3. The summed E-state index contributed by atoms with van der Waals surface area (Å²) in [5.74, 6) is 0.306. The van der Waals surface area contributed by atoms with Gasteiger partial charge in [-0.05, 0) is 45.6 Å².